The van der Waals surface area contributed by atoms with Crippen LogP contribution in [0.5, 0.6) is 11.5 Å². The van der Waals surface area contributed by atoms with Gasteiger partial charge in [-0.2, -0.15) is 0 Å². The van der Waals surface area contributed by atoms with Gasteiger partial charge in [-0.05, 0) is 13.8 Å². The number of hydrogen-bond donors (Lipinski definition) is 2. The highest BCUT2D eigenvalue weighted by atomic mass is 32.2. The number of imidazole rings is 2. The summed E-state index contributed by atoms with van der Waals surface area (Å²) in [7, 11) is 0. The van der Waals surface area contributed by atoms with Crippen molar-refractivity contribution in [2.75, 3.05) is 13.2 Å². The van der Waals surface area contributed by atoms with Crippen molar-refractivity contribution in [3.63, 3.8) is 0 Å². The molecule has 2 N–H and O–H groups in total. The summed E-state index contributed by atoms with van der Waals surface area (Å²) in [6.45, 7) is 4.50. The highest BCUT2D eigenvalue weighted by Crippen LogP contribution is 2.68. The van der Waals surface area contributed by atoms with Crippen LogP contribution in [0.2, 0.25) is 0 Å². The minimum absolute atomic E-state index is 0.268. The number of fused-ring (bicyclic) bond motifs is 4. The summed E-state index contributed by atoms with van der Waals surface area (Å²) in [6, 6.07) is 0. The standard InChI is InChI=1S/C24H16N6O6S4/c1-3-35-11-13-15(39-21(37-13)9-17-25-5-7-29(17)23(33)27-19(9)31)12(36-4-2)16-14(11)38-22(40-16)10-18-26-6-8-30(18)24(34)28-20(10)32/h5-8H,3-4H2,1-2H3,(H,27,31,33)(H,28,32,34). The minimum Gasteiger partial charge on any atom is -0.491 e. The lowest BCUT2D eigenvalue weighted by Gasteiger charge is -2.16. The van der Waals surface area contributed by atoms with Gasteiger partial charge in [-0.3, -0.25) is 28.4 Å². The van der Waals surface area contributed by atoms with Gasteiger partial charge in [-0.15, -0.1) is 0 Å². The Balaban J connectivity index is 1.49. The molecule has 202 valence electrons. The van der Waals surface area contributed by atoms with Gasteiger partial charge in [0.25, 0.3) is 11.1 Å². The molecule has 40 heavy (non-hydrogen) atoms. The lowest BCUT2D eigenvalue weighted by atomic mass is 10.3. The van der Waals surface area contributed by atoms with E-state index in [0.29, 0.717) is 43.6 Å². The number of ether oxygens (including phenoxy) is 2. The summed E-state index contributed by atoms with van der Waals surface area (Å²) in [4.78, 5) is 66.8. The molecule has 0 bridgehead atoms. The number of rotatable bonds is 4. The van der Waals surface area contributed by atoms with Gasteiger partial charge in [0.2, 0.25) is 0 Å². The van der Waals surface area contributed by atoms with Crippen LogP contribution in [0.1, 0.15) is 13.8 Å². The van der Waals surface area contributed by atoms with Crippen LogP contribution in [0.4, 0.5) is 0 Å². The molecule has 2 aliphatic heterocycles. The van der Waals surface area contributed by atoms with Gasteiger partial charge in [-0.25, -0.2) is 19.6 Å². The zero-order valence-corrected chi connectivity index (χ0v) is 23.9. The Labute approximate surface area is 239 Å². The molecular weight excluding hydrogens is 597 g/mol. The summed E-state index contributed by atoms with van der Waals surface area (Å²) in [5.41, 5.74) is -1.64. The smallest absolute Gasteiger partial charge is 0.334 e. The summed E-state index contributed by atoms with van der Waals surface area (Å²) < 4.78 is 16.2. The van der Waals surface area contributed by atoms with Crippen LogP contribution in [0, 0.1) is 0 Å². The van der Waals surface area contributed by atoms with Crippen molar-refractivity contribution < 1.29 is 9.47 Å². The van der Waals surface area contributed by atoms with E-state index in [1.165, 1.54) is 80.6 Å². The van der Waals surface area contributed by atoms with Crippen molar-refractivity contribution in [1.29, 1.82) is 0 Å². The first-order valence-electron chi connectivity index (χ1n) is 11.9. The summed E-state index contributed by atoms with van der Waals surface area (Å²) in [5.74, 6) is 1.20. The molecule has 0 fully saturated rings. The Bertz CT molecular complexity index is 2060. The first-order chi connectivity index (χ1) is 19.4. The van der Waals surface area contributed by atoms with E-state index in [1.54, 1.807) is 0 Å². The van der Waals surface area contributed by atoms with E-state index < -0.39 is 22.5 Å². The predicted octanol–water partition coefficient (Wildman–Crippen LogP) is 1.24. The van der Waals surface area contributed by atoms with Crippen molar-refractivity contribution in [3.8, 4) is 11.5 Å². The second-order valence-electron chi connectivity index (χ2n) is 8.33. The third-order valence-electron chi connectivity index (χ3n) is 6.06. The Morgan fingerprint density at radius 1 is 0.675 bits per heavy atom. The molecule has 0 saturated carbocycles. The number of thioether (sulfide) groups is 4. The lowest BCUT2D eigenvalue weighted by molar-refractivity contribution is 0.300. The number of hydrogen-bond acceptors (Lipinski definition) is 12. The monoisotopic (exact) mass is 612 g/mol. The first-order valence-corrected chi connectivity index (χ1v) is 15.2. The minimum atomic E-state index is -0.557. The Kier molecular flexibility index (Phi) is 6.03. The fraction of sp³-hybridized carbons (Fsp3) is 0.167. The molecule has 0 unspecified atom stereocenters. The van der Waals surface area contributed by atoms with Crippen LogP contribution in [0.3, 0.4) is 0 Å². The van der Waals surface area contributed by atoms with Crippen LogP contribution in [0.25, 0.3) is 19.8 Å². The molecule has 0 amide bonds. The van der Waals surface area contributed by atoms with Gasteiger partial charge >= 0.3 is 11.4 Å². The topological polar surface area (TPSA) is 153 Å². The molecular formula is C24H16N6O6S4. The molecule has 5 aromatic rings. The fourth-order valence-electron chi connectivity index (χ4n) is 4.47. The molecule has 4 aromatic heterocycles. The molecule has 1 aromatic carbocycles. The molecule has 0 atom stereocenters. The van der Waals surface area contributed by atoms with Crippen LogP contribution < -0.4 is 42.4 Å². The molecule has 0 radical (unpaired) electrons. The van der Waals surface area contributed by atoms with Crippen LogP contribution in [-0.4, -0.2) is 42.0 Å². The molecule has 2 aliphatic rings. The molecule has 0 saturated heterocycles. The number of benzene rings is 1. The average molecular weight is 613 g/mol. The third-order valence-corrected chi connectivity index (χ3v) is 11.3. The van der Waals surface area contributed by atoms with Crippen molar-refractivity contribution in [1.82, 2.24) is 28.7 Å². The second-order valence-corrected chi connectivity index (χ2v) is 12.9. The van der Waals surface area contributed by atoms with Gasteiger partial charge in [0.15, 0.2) is 11.3 Å². The zero-order chi connectivity index (χ0) is 27.7. The number of aromatic amines is 2. The number of nitrogens with zero attached hydrogens (tertiary/aromatic N) is 4. The van der Waals surface area contributed by atoms with E-state index in [0.717, 1.165) is 19.6 Å². The molecule has 0 spiro atoms. The second kappa shape index (κ2) is 9.50. The first kappa shape index (κ1) is 25.4. The SMILES string of the molecule is CCOc1c2c(c(OCC)c3c1SC(=c1c(=O)[nH]c(=O)n4ccnc14)S3)SC(=c1c(=O)[nH]c(=O)n3ccnc13)S2. The van der Waals surface area contributed by atoms with Crippen molar-refractivity contribution in [3.05, 3.63) is 76.9 Å². The van der Waals surface area contributed by atoms with E-state index in [2.05, 4.69) is 19.9 Å². The highest BCUT2D eigenvalue weighted by Gasteiger charge is 2.38. The third kappa shape index (κ3) is 3.66. The molecule has 0 aliphatic carbocycles. The van der Waals surface area contributed by atoms with Gasteiger partial charge < -0.3 is 9.47 Å². The maximum Gasteiger partial charge on any atom is 0.334 e. The van der Waals surface area contributed by atoms with Gasteiger partial charge in [0.1, 0.15) is 21.9 Å². The highest BCUT2D eigenvalue weighted by molar-refractivity contribution is 8.33. The maximum atomic E-state index is 13.0. The predicted molar refractivity (Wildman–Crippen MR) is 154 cm³/mol. The summed E-state index contributed by atoms with van der Waals surface area (Å²) in [5, 5.41) is 0.582. The van der Waals surface area contributed by atoms with Gasteiger partial charge in [0.05, 0.1) is 41.3 Å². The van der Waals surface area contributed by atoms with Crippen LogP contribution >= 0.6 is 47.0 Å². The number of aromatic nitrogens is 6. The zero-order valence-electron chi connectivity index (χ0n) is 20.6. The normalized spacial score (nSPS) is 14.3. The average Bonchev–Trinajstić information content (AvgIpc) is 3.72. The summed E-state index contributed by atoms with van der Waals surface area (Å²) in [6.07, 6.45) is 5.95. The van der Waals surface area contributed by atoms with Crippen molar-refractivity contribution in [2.24, 2.45) is 0 Å². The van der Waals surface area contributed by atoms with Crippen LogP contribution in [0.15, 0.2) is 63.5 Å². The van der Waals surface area contributed by atoms with E-state index in [1.807, 2.05) is 13.8 Å². The Morgan fingerprint density at radius 2 is 1.05 bits per heavy atom. The fourth-order valence-corrected chi connectivity index (χ4v) is 10.1. The van der Waals surface area contributed by atoms with E-state index in [4.69, 9.17) is 9.47 Å². The summed E-state index contributed by atoms with van der Waals surface area (Å²) >= 11 is 5.39. The van der Waals surface area contributed by atoms with Gasteiger partial charge in [0, 0.05) is 24.8 Å². The van der Waals surface area contributed by atoms with E-state index >= 15 is 0 Å². The maximum absolute atomic E-state index is 13.0. The molecule has 12 nitrogen and oxygen atoms in total. The lowest BCUT2D eigenvalue weighted by Crippen LogP contribution is -2.38. The van der Waals surface area contributed by atoms with Crippen LogP contribution in [-0.2, 0) is 0 Å². The van der Waals surface area contributed by atoms with E-state index in [-0.39, 0.29) is 11.3 Å². The number of nitrogens with one attached hydrogen (secondary N) is 2. The quantitative estimate of drug-likeness (QED) is 0.300. The molecule has 7 rings (SSSR count). The van der Waals surface area contributed by atoms with Crippen molar-refractivity contribution >= 4 is 66.8 Å². The largest absolute Gasteiger partial charge is 0.491 e. The molecule has 16 heteroatoms. The molecule has 6 heterocycles. The number of H-pyrrole nitrogens is 2. The van der Waals surface area contributed by atoms with Gasteiger partial charge in [-0.1, -0.05) is 47.0 Å². The Hall–Kier alpha value is -3.60. The van der Waals surface area contributed by atoms with E-state index in [9.17, 15) is 19.2 Å². The van der Waals surface area contributed by atoms with Crippen molar-refractivity contribution in [2.45, 2.75) is 33.4 Å². The Morgan fingerprint density at radius 3 is 1.40 bits per heavy atom.